The first-order valence-corrected chi connectivity index (χ1v) is 24.1. The quantitative estimate of drug-likeness (QED) is 0.0355. The molecule has 0 saturated carbocycles. The van der Waals surface area contributed by atoms with E-state index in [1.807, 2.05) is 72.8 Å². The molecule has 0 aromatic heterocycles. The van der Waals surface area contributed by atoms with Crippen LogP contribution >= 0.6 is 35.3 Å². The summed E-state index contributed by atoms with van der Waals surface area (Å²) < 4.78 is 17.7. The van der Waals surface area contributed by atoms with Gasteiger partial charge in [0.05, 0.1) is 56.4 Å². The highest BCUT2D eigenvalue weighted by Crippen LogP contribution is 2.41. The normalized spacial score (nSPS) is 15.8. The van der Waals surface area contributed by atoms with Crippen LogP contribution in [-0.4, -0.2) is 157 Å². The predicted octanol–water partition coefficient (Wildman–Crippen LogP) is 3.85. The average Bonchev–Trinajstić information content (AvgIpc) is 3.29. The van der Waals surface area contributed by atoms with Crippen LogP contribution in [0.2, 0.25) is 0 Å². The van der Waals surface area contributed by atoms with Crippen LogP contribution in [0.25, 0.3) is 0 Å². The Hall–Kier alpha value is -3.03. The lowest BCUT2D eigenvalue weighted by Gasteiger charge is -2.33. The van der Waals surface area contributed by atoms with E-state index >= 15 is 0 Å². The first-order valence-electron chi connectivity index (χ1n) is 20.6. The molecule has 6 atom stereocenters. The van der Waals surface area contributed by atoms with Gasteiger partial charge < -0.3 is 60.2 Å². The van der Waals surface area contributed by atoms with Gasteiger partial charge in [-0.15, -0.1) is 0 Å². The van der Waals surface area contributed by atoms with Gasteiger partial charge in [0.15, 0.2) is 0 Å². The molecule has 0 bridgehead atoms. The van der Waals surface area contributed by atoms with E-state index in [1.54, 1.807) is 0 Å². The molecule has 0 radical (unpaired) electrons. The topological polar surface area (TPSA) is 210 Å². The summed E-state index contributed by atoms with van der Waals surface area (Å²) in [6, 6.07) is 32.0. The Morgan fingerprint density at radius 2 is 0.597 bits per heavy atom. The Kier molecular flexibility index (Phi) is 21.7. The van der Waals surface area contributed by atoms with Crippen molar-refractivity contribution in [2.75, 3.05) is 74.2 Å². The van der Waals surface area contributed by atoms with E-state index in [0.717, 1.165) is 27.8 Å². The number of hydrogen-bond donors (Lipinski definition) is 9. The molecule has 342 valence electrons. The Labute approximate surface area is 378 Å². The summed E-state index contributed by atoms with van der Waals surface area (Å²) in [6.07, 6.45) is -4.68. The number of thioether (sulfide) groups is 3. The molecule has 0 amide bonds. The van der Waals surface area contributed by atoms with E-state index < -0.39 is 42.0 Å². The third-order valence-electron chi connectivity index (χ3n) is 10.4. The van der Waals surface area contributed by atoms with E-state index in [2.05, 4.69) is 45.0 Å². The van der Waals surface area contributed by atoms with Crippen molar-refractivity contribution in [1.29, 1.82) is 0 Å². The molecular formula is C47H64O12S3. The van der Waals surface area contributed by atoms with Gasteiger partial charge in [-0.05, 0) is 71.1 Å². The van der Waals surface area contributed by atoms with Crippen LogP contribution in [0, 0.1) is 0 Å². The van der Waals surface area contributed by atoms with Crippen molar-refractivity contribution < 1.29 is 60.2 Å². The summed E-state index contributed by atoms with van der Waals surface area (Å²) in [5, 5.41) is 86.8. The zero-order valence-corrected chi connectivity index (χ0v) is 38.1. The lowest BCUT2D eigenvalue weighted by molar-refractivity contribution is 0.112. The molecule has 0 saturated heterocycles. The zero-order valence-electron chi connectivity index (χ0n) is 35.7. The van der Waals surface area contributed by atoms with Crippen LogP contribution in [0.4, 0.5) is 0 Å². The van der Waals surface area contributed by atoms with E-state index in [9.17, 15) is 30.6 Å². The van der Waals surface area contributed by atoms with Crippen molar-refractivity contribution in [1.82, 2.24) is 0 Å². The highest BCUT2D eigenvalue weighted by Gasteiger charge is 2.32. The molecule has 0 aliphatic rings. The van der Waals surface area contributed by atoms with E-state index in [-0.39, 0.29) is 45.1 Å². The molecule has 4 aromatic carbocycles. The fourth-order valence-electron chi connectivity index (χ4n) is 6.52. The molecule has 0 heterocycles. The fraction of sp³-hybridized carbons (Fsp3) is 0.489. The fourth-order valence-corrected chi connectivity index (χ4v) is 9.17. The van der Waals surface area contributed by atoms with Crippen LogP contribution in [0.5, 0.6) is 17.2 Å². The van der Waals surface area contributed by atoms with Crippen molar-refractivity contribution >= 4 is 35.3 Å². The van der Waals surface area contributed by atoms with Gasteiger partial charge in [0, 0.05) is 45.3 Å². The average molecular weight is 917 g/mol. The van der Waals surface area contributed by atoms with E-state index in [0.29, 0.717) is 51.8 Å². The van der Waals surface area contributed by atoms with E-state index in [1.165, 1.54) is 35.3 Å². The van der Waals surface area contributed by atoms with Crippen molar-refractivity contribution in [2.24, 2.45) is 0 Å². The summed E-state index contributed by atoms with van der Waals surface area (Å²) in [5.74, 6) is 3.92. The number of ether oxygens (including phenoxy) is 3. The number of hydrogen-bond acceptors (Lipinski definition) is 15. The van der Waals surface area contributed by atoms with Crippen LogP contribution in [-0.2, 0) is 10.8 Å². The molecule has 12 nitrogen and oxygen atoms in total. The summed E-state index contributed by atoms with van der Waals surface area (Å²) >= 11 is 4.05. The SMILES string of the molecule is CC(C)(c1ccc(OCC(O)CSCC(O)CO)cc1)c1ccc(C(C)(c2ccc(OCC(O)CSCC(O)CO)cc2)c2ccc(OCC(O)CSCC(O)CO)cc2)cc1. The van der Waals surface area contributed by atoms with Crippen LogP contribution in [0.1, 0.15) is 48.6 Å². The summed E-state index contributed by atoms with van der Waals surface area (Å²) in [5.41, 5.74) is 4.23. The molecular weight excluding hydrogens is 853 g/mol. The van der Waals surface area contributed by atoms with Gasteiger partial charge in [-0.1, -0.05) is 74.5 Å². The smallest absolute Gasteiger partial charge is 0.119 e. The Bertz CT molecular complexity index is 1760. The minimum atomic E-state index is -0.827. The van der Waals surface area contributed by atoms with Gasteiger partial charge in [-0.2, -0.15) is 35.3 Å². The van der Waals surface area contributed by atoms with Crippen molar-refractivity contribution in [3.63, 3.8) is 0 Å². The molecule has 62 heavy (non-hydrogen) atoms. The highest BCUT2D eigenvalue weighted by atomic mass is 32.2. The monoisotopic (exact) mass is 916 g/mol. The molecule has 0 aliphatic carbocycles. The highest BCUT2D eigenvalue weighted by molar-refractivity contribution is 7.99. The van der Waals surface area contributed by atoms with Crippen molar-refractivity contribution in [2.45, 2.75) is 68.2 Å². The number of aliphatic hydroxyl groups excluding tert-OH is 9. The van der Waals surface area contributed by atoms with Crippen molar-refractivity contribution in [3.8, 4) is 17.2 Å². The van der Waals surface area contributed by atoms with Gasteiger partial charge in [0.2, 0.25) is 0 Å². The number of aliphatic hydroxyl groups is 9. The standard InChI is InChI=1S/C47H64O12S3/c1-46(2,33-8-14-43(15-9-33)57-23-40(54)29-60-26-37(51)20-48)32-4-6-34(7-5-32)47(3,35-10-16-44(17-11-35)58-24-41(55)30-61-27-38(52)21-49)36-12-18-45(19-13-36)59-25-42(56)31-62-28-39(53)22-50/h4-19,37-42,48-56H,20-31H2,1-3H3. The summed E-state index contributed by atoms with van der Waals surface area (Å²) in [6.45, 7) is 5.80. The molecule has 9 N–H and O–H groups in total. The maximum absolute atomic E-state index is 10.4. The summed E-state index contributed by atoms with van der Waals surface area (Å²) in [7, 11) is 0. The molecule has 15 heteroatoms. The first-order chi connectivity index (χ1) is 29.7. The lowest BCUT2D eigenvalue weighted by atomic mass is 9.70. The Morgan fingerprint density at radius 1 is 0.371 bits per heavy atom. The predicted molar refractivity (Wildman–Crippen MR) is 249 cm³/mol. The van der Waals surface area contributed by atoms with Gasteiger partial charge in [0.1, 0.15) is 37.1 Å². The van der Waals surface area contributed by atoms with Gasteiger partial charge in [-0.3, -0.25) is 0 Å². The third kappa shape index (κ3) is 15.9. The Morgan fingerprint density at radius 3 is 0.871 bits per heavy atom. The third-order valence-corrected chi connectivity index (χ3v) is 14.2. The largest absolute Gasteiger partial charge is 0.491 e. The molecule has 0 spiro atoms. The molecule has 4 rings (SSSR count). The molecule has 0 aliphatic heterocycles. The van der Waals surface area contributed by atoms with Gasteiger partial charge >= 0.3 is 0 Å². The minimum Gasteiger partial charge on any atom is -0.491 e. The second-order valence-electron chi connectivity index (χ2n) is 15.9. The molecule has 0 fully saturated rings. The maximum Gasteiger partial charge on any atom is 0.119 e. The first kappa shape index (κ1) is 51.6. The summed E-state index contributed by atoms with van der Waals surface area (Å²) in [4.78, 5) is 0. The second kappa shape index (κ2) is 26.1. The van der Waals surface area contributed by atoms with Gasteiger partial charge in [-0.25, -0.2) is 0 Å². The van der Waals surface area contributed by atoms with E-state index in [4.69, 9.17) is 29.5 Å². The number of rotatable bonds is 29. The second-order valence-corrected chi connectivity index (χ2v) is 19.1. The lowest BCUT2D eigenvalue weighted by Crippen LogP contribution is -2.26. The molecule has 4 aromatic rings. The van der Waals surface area contributed by atoms with Crippen LogP contribution in [0.15, 0.2) is 97.1 Å². The molecule has 6 unspecified atom stereocenters. The van der Waals surface area contributed by atoms with Crippen LogP contribution in [0.3, 0.4) is 0 Å². The maximum atomic E-state index is 10.4. The van der Waals surface area contributed by atoms with Crippen LogP contribution < -0.4 is 14.2 Å². The van der Waals surface area contributed by atoms with Gasteiger partial charge in [0.25, 0.3) is 0 Å². The Balaban J connectivity index is 1.51. The zero-order chi connectivity index (χ0) is 45.1. The van der Waals surface area contributed by atoms with Crippen molar-refractivity contribution in [3.05, 3.63) is 125 Å². The number of benzene rings is 4. The minimum absolute atomic E-state index is 0.0762.